The van der Waals surface area contributed by atoms with Gasteiger partial charge in [-0.1, -0.05) is 65.9 Å². The third kappa shape index (κ3) is 7.48. The van der Waals surface area contributed by atoms with Gasteiger partial charge in [0.15, 0.2) is 0 Å². The molecule has 0 unspecified atom stereocenters. The molecule has 0 saturated carbocycles. The molecule has 3 aromatic rings. The Bertz CT molecular complexity index is 950. The van der Waals surface area contributed by atoms with Gasteiger partial charge in [-0.3, -0.25) is 0 Å². The third-order valence-electron chi connectivity index (χ3n) is 4.21. The van der Waals surface area contributed by atoms with E-state index >= 15 is 0 Å². The Morgan fingerprint density at radius 2 is 1.76 bits per heavy atom. The first-order valence-corrected chi connectivity index (χ1v) is 11.4. The second kappa shape index (κ2) is 11.5. The van der Waals surface area contributed by atoms with Crippen LogP contribution < -0.4 is 4.74 Å². The Balaban J connectivity index is 1.68. The average Bonchev–Trinajstić information content (AvgIpc) is 2.76. The smallest absolute Gasteiger partial charge is 0.119 e. The van der Waals surface area contributed by atoms with Crippen LogP contribution in [0.5, 0.6) is 5.75 Å². The monoisotopic (exact) mass is 419 g/mol. The highest BCUT2D eigenvalue weighted by molar-refractivity contribution is 8.14. The lowest BCUT2D eigenvalue weighted by Crippen LogP contribution is -1.93. The molecule has 2 nitrogen and oxygen atoms in total. The lowest BCUT2D eigenvalue weighted by atomic mass is 10.2. The van der Waals surface area contributed by atoms with Crippen LogP contribution >= 0.6 is 23.5 Å². The summed E-state index contributed by atoms with van der Waals surface area (Å²) in [6.45, 7) is 2.09. The van der Waals surface area contributed by atoms with Crippen molar-refractivity contribution in [3.05, 3.63) is 101 Å². The van der Waals surface area contributed by atoms with Crippen molar-refractivity contribution in [2.45, 2.75) is 18.2 Å². The van der Waals surface area contributed by atoms with Crippen molar-refractivity contribution in [1.82, 2.24) is 0 Å². The molecule has 0 radical (unpaired) electrons. The van der Waals surface area contributed by atoms with E-state index in [0.717, 1.165) is 33.5 Å². The summed E-state index contributed by atoms with van der Waals surface area (Å²) in [4.78, 5) is 5.99. The third-order valence-corrected chi connectivity index (χ3v) is 5.94. The van der Waals surface area contributed by atoms with Crippen LogP contribution in [0.25, 0.3) is 0 Å². The fraction of sp³-hybridized carbons (Fsp3) is 0.160. The van der Waals surface area contributed by atoms with E-state index in [4.69, 9.17) is 9.73 Å². The van der Waals surface area contributed by atoms with Crippen molar-refractivity contribution >= 4 is 34.3 Å². The fourth-order valence-electron chi connectivity index (χ4n) is 2.63. The van der Waals surface area contributed by atoms with Gasteiger partial charge in [-0.25, -0.2) is 4.99 Å². The van der Waals surface area contributed by atoms with E-state index < -0.39 is 0 Å². The highest BCUT2D eigenvalue weighted by Gasteiger charge is 2.01. The van der Waals surface area contributed by atoms with Crippen LogP contribution in [0.15, 0.2) is 100 Å². The maximum absolute atomic E-state index is 5.30. The van der Waals surface area contributed by atoms with Gasteiger partial charge in [0.25, 0.3) is 0 Å². The van der Waals surface area contributed by atoms with Gasteiger partial charge in [0.05, 0.1) is 17.8 Å². The summed E-state index contributed by atoms with van der Waals surface area (Å²) in [6, 6.07) is 27.0. The number of hydrogen-bond acceptors (Lipinski definition) is 4. The van der Waals surface area contributed by atoms with Gasteiger partial charge in [0.2, 0.25) is 0 Å². The summed E-state index contributed by atoms with van der Waals surface area (Å²) in [5, 5.41) is 3.11. The van der Waals surface area contributed by atoms with Crippen molar-refractivity contribution in [3.63, 3.8) is 0 Å². The molecule has 0 fully saturated rings. The van der Waals surface area contributed by atoms with Gasteiger partial charge in [-0.15, -0.1) is 11.8 Å². The van der Waals surface area contributed by atoms with Crippen molar-refractivity contribution in [2.75, 3.05) is 12.9 Å². The predicted molar refractivity (Wildman–Crippen MR) is 129 cm³/mol. The lowest BCUT2D eigenvalue weighted by molar-refractivity contribution is 0.413. The standard InChI is InChI=1S/C25H25NOS2/c1-20-11-13-22(14-12-20)26-25(29-17-15-21-7-4-3-5-8-21)16-18-28-24-10-6-9-23(19-24)27-2/h3-14,16,18-19H,15,17H2,1-2H3. The van der Waals surface area contributed by atoms with E-state index in [0.29, 0.717) is 0 Å². The van der Waals surface area contributed by atoms with E-state index in [-0.39, 0.29) is 0 Å². The van der Waals surface area contributed by atoms with Gasteiger partial charge in [-0.2, -0.15) is 0 Å². The molecule has 0 aliphatic rings. The molecule has 0 saturated heterocycles. The SMILES string of the molecule is COc1cccc(SC=CC(=Nc2ccc(C)cc2)SCCc2ccccc2)c1. The maximum atomic E-state index is 5.30. The van der Waals surface area contributed by atoms with Gasteiger partial charge in [-0.05, 0) is 60.7 Å². The lowest BCUT2D eigenvalue weighted by Gasteiger charge is -2.04. The molecule has 0 spiro atoms. The molecular weight excluding hydrogens is 394 g/mol. The highest BCUT2D eigenvalue weighted by Crippen LogP contribution is 2.25. The quantitative estimate of drug-likeness (QED) is 0.217. The first-order chi connectivity index (χ1) is 14.2. The van der Waals surface area contributed by atoms with Crippen molar-refractivity contribution in [2.24, 2.45) is 4.99 Å². The predicted octanol–water partition coefficient (Wildman–Crippen LogP) is 7.32. The Hall–Kier alpha value is -2.43. The summed E-state index contributed by atoms with van der Waals surface area (Å²) < 4.78 is 5.30. The normalized spacial score (nSPS) is 11.7. The molecule has 29 heavy (non-hydrogen) atoms. The van der Waals surface area contributed by atoms with E-state index in [1.165, 1.54) is 11.1 Å². The second-order valence-electron chi connectivity index (χ2n) is 6.47. The number of aryl methyl sites for hydroxylation is 2. The van der Waals surface area contributed by atoms with Crippen molar-refractivity contribution in [1.29, 1.82) is 0 Å². The van der Waals surface area contributed by atoms with Crippen LogP contribution in [-0.4, -0.2) is 17.9 Å². The minimum atomic E-state index is 0.870. The van der Waals surface area contributed by atoms with Crippen molar-refractivity contribution < 1.29 is 4.74 Å². The number of methoxy groups -OCH3 is 1. The number of hydrogen-bond donors (Lipinski definition) is 0. The summed E-state index contributed by atoms with van der Waals surface area (Å²) in [5.74, 6) is 1.86. The molecule has 0 heterocycles. The average molecular weight is 420 g/mol. The summed E-state index contributed by atoms with van der Waals surface area (Å²) in [6.07, 6.45) is 3.12. The summed E-state index contributed by atoms with van der Waals surface area (Å²) in [5.41, 5.74) is 3.57. The molecule has 0 aliphatic heterocycles. The molecule has 148 valence electrons. The van der Waals surface area contributed by atoms with E-state index in [2.05, 4.69) is 79.1 Å². The van der Waals surface area contributed by atoms with Gasteiger partial charge < -0.3 is 4.74 Å². The van der Waals surface area contributed by atoms with Crippen LogP contribution in [0.2, 0.25) is 0 Å². The number of benzene rings is 3. The molecule has 0 N–H and O–H groups in total. The molecule has 4 heteroatoms. The molecule has 0 aromatic heterocycles. The van der Waals surface area contributed by atoms with E-state index in [1.54, 1.807) is 30.6 Å². The number of aliphatic imine (C=N–C) groups is 1. The molecule has 3 aromatic carbocycles. The Kier molecular flexibility index (Phi) is 8.47. The Morgan fingerprint density at radius 1 is 0.966 bits per heavy atom. The minimum Gasteiger partial charge on any atom is -0.497 e. The highest BCUT2D eigenvalue weighted by atomic mass is 32.2. The molecule has 0 atom stereocenters. The maximum Gasteiger partial charge on any atom is 0.119 e. The topological polar surface area (TPSA) is 21.6 Å². The number of ether oxygens (including phenoxy) is 1. The molecule has 3 rings (SSSR count). The molecular formula is C25H25NOS2. The van der Waals surface area contributed by atoms with Crippen LogP contribution in [0.1, 0.15) is 11.1 Å². The number of rotatable bonds is 8. The molecule has 0 bridgehead atoms. The fourth-order valence-corrected chi connectivity index (χ4v) is 4.29. The number of thioether (sulfide) groups is 2. The van der Waals surface area contributed by atoms with Crippen molar-refractivity contribution in [3.8, 4) is 5.75 Å². The van der Waals surface area contributed by atoms with E-state index in [1.807, 2.05) is 18.2 Å². The van der Waals surface area contributed by atoms with Crippen LogP contribution in [0.3, 0.4) is 0 Å². The van der Waals surface area contributed by atoms with Crippen LogP contribution in [0.4, 0.5) is 5.69 Å². The zero-order chi connectivity index (χ0) is 20.3. The van der Waals surface area contributed by atoms with Gasteiger partial charge in [0.1, 0.15) is 5.75 Å². The largest absolute Gasteiger partial charge is 0.497 e. The van der Waals surface area contributed by atoms with Crippen LogP contribution in [-0.2, 0) is 6.42 Å². The zero-order valence-electron chi connectivity index (χ0n) is 16.7. The second-order valence-corrected chi connectivity index (χ2v) is 8.56. The summed E-state index contributed by atoms with van der Waals surface area (Å²) >= 11 is 3.45. The first-order valence-electron chi connectivity index (χ1n) is 9.52. The molecule has 0 aliphatic carbocycles. The molecule has 0 amide bonds. The minimum absolute atomic E-state index is 0.870. The number of nitrogens with zero attached hydrogens (tertiary/aromatic N) is 1. The van der Waals surface area contributed by atoms with E-state index in [9.17, 15) is 0 Å². The summed E-state index contributed by atoms with van der Waals surface area (Å²) in [7, 11) is 1.69. The van der Waals surface area contributed by atoms with Gasteiger partial charge >= 0.3 is 0 Å². The Morgan fingerprint density at radius 3 is 2.52 bits per heavy atom. The Labute approximate surface area is 182 Å². The first kappa shape index (κ1) is 21.3. The van der Waals surface area contributed by atoms with Crippen LogP contribution in [0, 0.1) is 6.92 Å². The van der Waals surface area contributed by atoms with Gasteiger partial charge in [0, 0.05) is 10.6 Å². The zero-order valence-corrected chi connectivity index (χ0v) is 18.4.